The Morgan fingerprint density at radius 1 is 1.04 bits per heavy atom. The topological polar surface area (TPSA) is 75.3 Å². The van der Waals surface area contributed by atoms with Crippen molar-refractivity contribution in [1.29, 1.82) is 0 Å². The van der Waals surface area contributed by atoms with Gasteiger partial charge in [0.1, 0.15) is 0 Å². The number of sulfonamides is 1. The van der Waals surface area contributed by atoms with E-state index in [0.717, 1.165) is 11.1 Å². The predicted octanol–water partition coefficient (Wildman–Crippen LogP) is 3.01. The van der Waals surface area contributed by atoms with Crippen LogP contribution in [0.3, 0.4) is 0 Å². The maximum atomic E-state index is 12.1. The van der Waals surface area contributed by atoms with E-state index >= 15 is 0 Å². The van der Waals surface area contributed by atoms with Gasteiger partial charge in [-0.15, -0.1) is 0 Å². The molecule has 0 radical (unpaired) electrons. The van der Waals surface area contributed by atoms with Gasteiger partial charge in [0, 0.05) is 10.7 Å². The number of hydrogen-bond donors (Lipinski definition) is 2. The molecule has 1 amide bonds. The molecule has 5 nitrogen and oxygen atoms in total. The summed E-state index contributed by atoms with van der Waals surface area (Å²) in [5, 5.41) is 3.28. The van der Waals surface area contributed by atoms with E-state index < -0.39 is 15.9 Å². The average Bonchev–Trinajstić information content (AvgIpc) is 2.51. The van der Waals surface area contributed by atoms with Crippen molar-refractivity contribution in [1.82, 2.24) is 4.72 Å². The quantitative estimate of drug-likeness (QED) is 0.825. The van der Waals surface area contributed by atoms with Crippen LogP contribution in [-0.4, -0.2) is 20.9 Å². The van der Waals surface area contributed by atoms with Crippen molar-refractivity contribution >= 4 is 33.2 Å². The number of rotatable bonds is 6. The molecule has 0 fully saturated rings. The Morgan fingerprint density at radius 2 is 1.62 bits per heavy atom. The number of benzene rings is 2. The molecule has 0 aliphatic heterocycles. The SMILES string of the molecule is Cc1cccc(C)c1NC(=O)CNS(=O)(=O)Cc1ccc(Cl)cc1. The molecule has 2 rings (SSSR count). The van der Waals surface area contributed by atoms with Crippen molar-refractivity contribution in [3.8, 4) is 0 Å². The van der Waals surface area contributed by atoms with Crippen molar-refractivity contribution < 1.29 is 13.2 Å². The summed E-state index contributed by atoms with van der Waals surface area (Å²) in [5.41, 5.74) is 3.15. The van der Waals surface area contributed by atoms with Gasteiger partial charge in [-0.05, 0) is 42.7 Å². The molecular formula is C17H19ClN2O3S. The van der Waals surface area contributed by atoms with Crippen LogP contribution in [0, 0.1) is 13.8 Å². The minimum atomic E-state index is -3.61. The van der Waals surface area contributed by atoms with Gasteiger partial charge in [0.05, 0.1) is 12.3 Å². The van der Waals surface area contributed by atoms with Crippen LogP contribution in [0.4, 0.5) is 5.69 Å². The minimum absolute atomic E-state index is 0.207. The van der Waals surface area contributed by atoms with Gasteiger partial charge >= 0.3 is 0 Å². The highest BCUT2D eigenvalue weighted by molar-refractivity contribution is 7.88. The molecule has 24 heavy (non-hydrogen) atoms. The third-order valence-corrected chi connectivity index (χ3v) is 5.02. The van der Waals surface area contributed by atoms with E-state index in [9.17, 15) is 13.2 Å². The van der Waals surface area contributed by atoms with E-state index in [0.29, 0.717) is 16.3 Å². The van der Waals surface area contributed by atoms with E-state index in [1.165, 1.54) is 0 Å². The van der Waals surface area contributed by atoms with Crippen molar-refractivity contribution in [2.45, 2.75) is 19.6 Å². The Balaban J connectivity index is 1.94. The second-order valence-corrected chi connectivity index (χ2v) is 7.76. The Labute approximate surface area is 147 Å². The third kappa shape index (κ3) is 5.33. The van der Waals surface area contributed by atoms with E-state index in [2.05, 4.69) is 10.0 Å². The first-order valence-corrected chi connectivity index (χ1v) is 9.38. The van der Waals surface area contributed by atoms with Crippen LogP contribution < -0.4 is 10.0 Å². The maximum Gasteiger partial charge on any atom is 0.239 e. The summed E-state index contributed by atoms with van der Waals surface area (Å²) in [6.45, 7) is 3.45. The number of carbonyl (C=O) groups excluding carboxylic acids is 1. The van der Waals surface area contributed by atoms with Crippen molar-refractivity contribution in [2.24, 2.45) is 0 Å². The van der Waals surface area contributed by atoms with Gasteiger partial charge in [-0.2, -0.15) is 0 Å². The molecular weight excluding hydrogens is 348 g/mol. The predicted molar refractivity (Wildman–Crippen MR) is 96.6 cm³/mol. The minimum Gasteiger partial charge on any atom is -0.324 e. The van der Waals surface area contributed by atoms with Crippen LogP contribution in [0.5, 0.6) is 0 Å². The first-order valence-electron chi connectivity index (χ1n) is 7.35. The number of amides is 1. The number of carbonyl (C=O) groups is 1. The second-order valence-electron chi connectivity index (χ2n) is 5.52. The van der Waals surface area contributed by atoms with Crippen molar-refractivity contribution in [3.05, 3.63) is 64.2 Å². The number of para-hydroxylation sites is 1. The molecule has 0 aliphatic rings. The highest BCUT2D eigenvalue weighted by Crippen LogP contribution is 2.19. The molecule has 128 valence electrons. The van der Waals surface area contributed by atoms with Crippen molar-refractivity contribution in [2.75, 3.05) is 11.9 Å². The lowest BCUT2D eigenvalue weighted by Gasteiger charge is -2.12. The van der Waals surface area contributed by atoms with Gasteiger partial charge in [-0.25, -0.2) is 13.1 Å². The van der Waals surface area contributed by atoms with E-state index in [1.807, 2.05) is 32.0 Å². The zero-order valence-corrected chi connectivity index (χ0v) is 15.0. The molecule has 0 bridgehead atoms. The van der Waals surface area contributed by atoms with Gasteiger partial charge in [0.2, 0.25) is 15.9 Å². The zero-order valence-electron chi connectivity index (χ0n) is 13.5. The standard InChI is InChI=1S/C17H19ClN2O3S/c1-12-4-3-5-13(2)17(12)20-16(21)10-19-24(22,23)11-14-6-8-15(18)9-7-14/h3-9,19H,10-11H2,1-2H3,(H,20,21). The van der Waals surface area contributed by atoms with Crippen LogP contribution in [0.15, 0.2) is 42.5 Å². The Bertz CT molecular complexity index is 813. The van der Waals surface area contributed by atoms with E-state index in [4.69, 9.17) is 11.6 Å². The van der Waals surface area contributed by atoms with Crippen LogP contribution in [-0.2, 0) is 20.6 Å². The third-order valence-electron chi connectivity index (χ3n) is 3.47. The smallest absolute Gasteiger partial charge is 0.239 e. The summed E-state index contributed by atoms with van der Waals surface area (Å²) < 4.78 is 26.4. The molecule has 0 saturated heterocycles. The number of anilines is 1. The monoisotopic (exact) mass is 366 g/mol. The first kappa shape index (κ1) is 18.4. The van der Waals surface area contributed by atoms with Crippen molar-refractivity contribution in [3.63, 3.8) is 0 Å². The molecule has 2 N–H and O–H groups in total. The van der Waals surface area contributed by atoms with Gasteiger partial charge < -0.3 is 5.32 Å². The highest BCUT2D eigenvalue weighted by atomic mass is 35.5. The normalized spacial score (nSPS) is 11.3. The summed E-state index contributed by atoms with van der Waals surface area (Å²) >= 11 is 5.77. The number of hydrogen-bond acceptors (Lipinski definition) is 3. The summed E-state index contributed by atoms with van der Waals surface area (Å²) in [7, 11) is -3.61. The fourth-order valence-electron chi connectivity index (χ4n) is 2.22. The molecule has 0 aliphatic carbocycles. The lowest BCUT2D eigenvalue weighted by Crippen LogP contribution is -2.33. The zero-order chi connectivity index (χ0) is 17.7. The molecule has 0 spiro atoms. The Hall–Kier alpha value is -1.89. The summed E-state index contributed by atoms with van der Waals surface area (Å²) in [6.07, 6.45) is 0. The van der Waals surface area contributed by atoms with Gasteiger partial charge in [-0.1, -0.05) is 41.9 Å². The van der Waals surface area contributed by atoms with Crippen LogP contribution in [0.2, 0.25) is 5.02 Å². The number of nitrogens with one attached hydrogen (secondary N) is 2. The number of halogens is 1. The van der Waals surface area contributed by atoms with Crippen LogP contribution >= 0.6 is 11.6 Å². The molecule has 0 heterocycles. The Kier molecular flexibility index (Phi) is 5.99. The molecule has 2 aromatic carbocycles. The van der Waals surface area contributed by atoms with Gasteiger partial charge in [0.25, 0.3) is 0 Å². The largest absolute Gasteiger partial charge is 0.324 e. The summed E-state index contributed by atoms with van der Waals surface area (Å²) in [6, 6.07) is 12.2. The van der Waals surface area contributed by atoms with Gasteiger partial charge in [0.15, 0.2) is 0 Å². The highest BCUT2D eigenvalue weighted by Gasteiger charge is 2.14. The molecule has 7 heteroatoms. The molecule has 0 saturated carbocycles. The first-order chi connectivity index (χ1) is 11.3. The molecule has 0 aromatic heterocycles. The number of aryl methyl sites for hydroxylation is 2. The van der Waals surface area contributed by atoms with E-state index in [-0.39, 0.29) is 12.3 Å². The fraction of sp³-hybridized carbons (Fsp3) is 0.235. The van der Waals surface area contributed by atoms with Crippen LogP contribution in [0.1, 0.15) is 16.7 Å². The fourth-order valence-corrected chi connectivity index (χ4v) is 3.43. The molecule has 0 unspecified atom stereocenters. The Morgan fingerprint density at radius 3 is 2.21 bits per heavy atom. The lowest BCUT2D eigenvalue weighted by molar-refractivity contribution is -0.115. The average molecular weight is 367 g/mol. The van der Waals surface area contributed by atoms with E-state index in [1.54, 1.807) is 24.3 Å². The lowest BCUT2D eigenvalue weighted by atomic mass is 10.1. The van der Waals surface area contributed by atoms with Gasteiger partial charge in [-0.3, -0.25) is 4.79 Å². The second kappa shape index (κ2) is 7.79. The molecule has 0 atom stereocenters. The van der Waals surface area contributed by atoms with Crippen LogP contribution in [0.25, 0.3) is 0 Å². The summed E-state index contributed by atoms with van der Waals surface area (Å²) in [4.78, 5) is 12.0. The summed E-state index contributed by atoms with van der Waals surface area (Å²) in [5.74, 6) is -0.618. The maximum absolute atomic E-state index is 12.1. The molecule has 2 aromatic rings.